The highest BCUT2D eigenvalue weighted by molar-refractivity contribution is 5.93. The van der Waals surface area contributed by atoms with E-state index in [1.165, 1.54) is 0 Å². The average Bonchev–Trinajstić information content (AvgIpc) is 2.87. The Morgan fingerprint density at radius 1 is 1.24 bits per heavy atom. The fraction of sp³-hybridized carbons (Fsp3) is 0.500. The summed E-state index contributed by atoms with van der Waals surface area (Å²) in [5, 5.41) is 6.17. The van der Waals surface area contributed by atoms with E-state index in [9.17, 15) is 9.59 Å². The van der Waals surface area contributed by atoms with Crippen LogP contribution in [0.2, 0.25) is 0 Å². The van der Waals surface area contributed by atoms with Crippen LogP contribution in [0.25, 0.3) is 0 Å². The molecule has 2 N–H and O–H groups in total. The van der Waals surface area contributed by atoms with E-state index in [2.05, 4.69) is 17.6 Å². The first-order chi connectivity index (χ1) is 9.97. The number of benzene rings is 1. The molecule has 1 aliphatic heterocycles. The zero-order valence-corrected chi connectivity index (χ0v) is 12.8. The van der Waals surface area contributed by atoms with Crippen LogP contribution in [0, 0.1) is 11.8 Å². The third-order valence-electron chi connectivity index (χ3n) is 3.93. The Morgan fingerprint density at radius 3 is 2.43 bits per heavy atom. The van der Waals surface area contributed by atoms with Gasteiger partial charge in [-0.15, -0.1) is 0 Å². The predicted molar refractivity (Wildman–Crippen MR) is 83.0 cm³/mol. The molecule has 21 heavy (non-hydrogen) atoms. The van der Waals surface area contributed by atoms with Crippen molar-refractivity contribution >= 4 is 17.5 Å². The van der Waals surface area contributed by atoms with Crippen LogP contribution in [0.4, 0.5) is 5.69 Å². The second-order valence-electron chi connectivity index (χ2n) is 5.89. The normalized spacial score (nSPS) is 21.1. The maximum atomic E-state index is 12.2. The van der Waals surface area contributed by atoms with Crippen molar-refractivity contribution in [1.82, 2.24) is 10.2 Å². The van der Waals surface area contributed by atoms with E-state index < -0.39 is 0 Å². The summed E-state index contributed by atoms with van der Waals surface area (Å²) in [5.41, 5.74) is 1.72. The molecule has 1 heterocycles. The molecule has 0 bridgehead atoms. The van der Waals surface area contributed by atoms with Gasteiger partial charge in [0.05, 0.1) is 12.3 Å². The summed E-state index contributed by atoms with van der Waals surface area (Å²) < 4.78 is 0. The van der Waals surface area contributed by atoms with Crippen molar-refractivity contribution in [3.8, 4) is 0 Å². The lowest BCUT2D eigenvalue weighted by molar-refractivity contribution is -0.128. The first kappa shape index (κ1) is 15.5. The van der Waals surface area contributed by atoms with Crippen molar-refractivity contribution in [3.63, 3.8) is 0 Å². The molecular weight excluding hydrogens is 266 g/mol. The van der Waals surface area contributed by atoms with Gasteiger partial charge in [-0.1, -0.05) is 19.1 Å². The number of anilines is 1. The van der Waals surface area contributed by atoms with Gasteiger partial charge in [-0.05, 0) is 30.2 Å². The number of likely N-dealkylation sites (N-methyl/N-ethyl adjacent to an activating group) is 1. The number of hydrogen-bond donors (Lipinski definition) is 2. The Kier molecular flexibility index (Phi) is 4.96. The van der Waals surface area contributed by atoms with Gasteiger partial charge in [0.1, 0.15) is 0 Å². The van der Waals surface area contributed by atoms with Crippen LogP contribution in [0.5, 0.6) is 0 Å². The number of carbonyl (C=O) groups is 2. The summed E-state index contributed by atoms with van der Waals surface area (Å²) in [6.45, 7) is 3.71. The zero-order valence-electron chi connectivity index (χ0n) is 12.8. The van der Waals surface area contributed by atoms with Gasteiger partial charge in [-0.3, -0.25) is 9.59 Å². The van der Waals surface area contributed by atoms with E-state index in [1.54, 1.807) is 19.0 Å². The molecule has 0 aliphatic carbocycles. The average molecular weight is 289 g/mol. The van der Waals surface area contributed by atoms with Crippen LogP contribution in [-0.2, 0) is 16.0 Å². The molecular formula is C16H23N3O2. The Balaban J connectivity index is 1.93. The van der Waals surface area contributed by atoms with Gasteiger partial charge in [0.2, 0.25) is 11.8 Å². The molecule has 114 valence electrons. The van der Waals surface area contributed by atoms with Gasteiger partial charge in [0, 0.05) is 26.3 Å². The lowest BCUT2D eigenvalue weighted by atomic mass is 9.97. The van der Waals surface area contributed by atoms with Crippen LogP contribution in [-0.4, -0.2) is 43.9 Å². The Morgan fingerprint density at radius 2 is 1.90 bits per heavy atom. The predicted octanol–water partition coefficient (Wildman–Crippen LogP) is 1.11. The summed E-state index contributed by atoms with van der Waals surface area (Å²) in [5.74, 6) is 0.518. The van der Waals surface area contributed by atoms with E-state index in [4.69, 9.17) is 0 Å². The smallest absolute Gasteiger partial charge is 0.229 e. The van der Waals surface area contributed by atoms with Gasteiger partial charge in [0.25, 0.3) is 0 Å². The molecule has 5 nitrogen and oxygen atoms in total. The SMILES string of the molecule is CC1CNCC1C(=O)Nc1ccc(CC(=O)N(C)C)cc1. The molecule has 1 fully saturated rings. The van der Waals surface area contributed by atoms with Crippen LogP contribution in [0.15, 0.2) is 24.3 Å². The largest absolute Gasteiger partial charge is 0.349 e. The van der Waals surface area contributed by atoms with Crippen LogP contribution >= 0.6 is 0 Å². The maximum Gasteiger partial charge on any atom is 0.229 e. The number of nitrogens with one attached hydrogen (secondary N) is 2. The van der Waals surface area contributed by atoms with E-state index in [1.807, 2.05) is 24.3 Å². The molecule has 1 aliphatic rings. The molecule has 2 amide bonds. The Hall–Kier alpha value is -1.88. The summed E-state index contributed by atoms with van der Waals surface area (Å²) in [6.07, 6.45) is 0.380. The maximum absolute atomic E-state index is 12.2. The van der Waals surface area contributed by atoms with Gasteiger partial charge < -0.3 is 15.5 Å². The van der Waals surface area contributed by atoms with E-state index in [-0.39, 0.29) is 17.7 Å². The molecule has 2 atom stereocenters. The second kappa shape index (κ2) is 6.72. The molecule has 0 spiro atoms. The molecule has 2 unspecified atom stereocenters. The van der Waals surface area contributed by atoms with E-state index >= 15 is 0 Å². The molecule has 1 aromatic rings. The summed E-state index contributed by atoms with van der Waals surface area (Å²) in [6, 6.07) is 7.47. The minimum absolute atomic E-state index is 0.0278. The van der Waals surface area contributed by atoms with Crippen LogP contribution in [0.1, 0.15) is 12.5 Å². The standard InChI is InChI=1S/C16H23N3O2/c1-11-9-17-10-14(11)16(21)18-13-6-4-12(5-7-13)8-15(20)19(2)3/h4-7,11,14,17H,8-10H2,1-3H3,(H,18,21). The lowest BCUT2D eigenvalue weighted by Gasteiger charge is -2.14. The van der Waals surface area contributed by atoms with Crippen LogP contribution in [0.3, 0.4) is 0 Å². The quantitative estimate of drug-likeness (QED) is 0.873. The fourth-order valence-electron chi connectivity index (χ4n) is 2.43. The van der Waals surface area contributed by atoms with E-state index in [0.717, 1.165) is 24.3 Å². The summed E-state index contributed by atoms with van der Waals surface area (Å²) in [7, 11) is 3.49. The first-order valence-electron chi connectivity index (χ1n) is 7.28. The molecule has 5 heteroatoms. The first-order valence-corrected chi connectivity index (χ1v) is 7.28. The van der Waals surface area contributed by atoms with Crippen molar-refractivity contribution in [2.75, 3.05) is 32.5 Å². The number of hydrogen-bond acceptors (Lipinski definition) is 3. The molecule has 1 saturated heterocycles. The minimum Gasteiger partial charge on any atom is -0.349 e. The van der Waals surface area contributed by atoms with Crippen LogP contribution < -0.4 is 10.6 Å². The highest BCUT2D eigenvalue weighted by atomic mass is 16.2. The zero-order chi connectivity index (χ0) is 15.4. The van der Waals surface area contributed by atoms with Gasteiger partial charge in [-0.2, -0.15) is 0 Å². The summed E-state index contributed by atoms with van der Waals surface area (Å²) in [4.78, 5) is 25.4. The third-order valence-corrected chi connectivity index (χ3v) is 3.93. The molecule has 1 aromatic carbocycles. The highest BCUT2D eigenvalue weighted by Gasteiger charge is 2.29. The van der Waals surface area contributed by atoms with Gasteiger partial charge in [0.15, 0.2) is 0 Å². The molecule has 0 saturated carbocycles. The number of carbonyl (C=O) groups excluding carboxylic acids is 2. The topological polar surface area (TPSA) is 61.4 Å². The van der Waals surface area contributed by atoms with Gasteiger partial charge in [-0.25, -0.2) is 0 Å². The molecule has 2 rings (SSSR count). The fourth-order valence-corrected chi connectivity index (χ4v) is 2.43. The second-order valence-corrected chi connectivity index (χ2v) is 5.89. The Bertz CT molecular complexity index is 511. The monoisotopic (exact) mass is 289 g/mol. The minimum atomic E-state index is 0.0278. The molecule has 0 radical (unpaired) electrons. The third kappa shape index (κ3) is 4.04. The molecule has 0 aromatic heterocycles. The van der Waals surface area contributed by atoms with Crippen molar-refractivity contribution in [2.24, 2.45) is 11.8 Å². The highest BCUT2D eigenvalue weighted by Crippen LogP contribution is 2.19. The van der Waals surface area contributed by atoms with Crippen molar-refractivity contribution in [1.29, 1.82) is 0 Å². The number of rotatable bonds is 4. The van der Waals surface area contributed by atoms with Crippen molar-refractivity contribution < 1.29 is 9.59 Å². The van der Waals surface area contributed by atoms with Gasteiger partial charge >= 0.3 is 0 Å². The lowest BCUT2D eigenvalue weighted by Crippen LogP contribution is -2.27. The van der Waals surface area contributed by atoms with Crippen molar-refractivity contribution in [3.05, 3.63) is 29.8 Å². The number of nitrogens with zero attached hydrogens (tertiary/aromatic N) is 1. The summed E-state index contributed by atoms with van der Waals surface area (Å²) >= 11 is 0. The Labute approximate surface area is 125 Å². The van der Waals surface area contributed by atoms with Crippen molar-refractivity contribution in [2.45, 2.75) is 13.3 Å². The number of amides is 2. The van der Waals surface area contributed by atoms with E-state index in [0.29, 0.717) is 12.3 Å².